The maximum absolute atomic E-state index is 5.52. The topological polar surface area (TPSA) is 36.9 Å². The molecule has 13 heavy (non-hydrogen) atoms. The van der Waals surface area contributed by atoms with Crippen molar-refractivity contribution in [2.45, 2.75) is 24.7 Å². The maximum Gasteiger partial charge on any atom is 0.107 e. The van der Waals surface area contributed by atoms with Crippen LogP contribution in [0.1, 0.15) is 6.42 Å². The second-order valence-electron chi connectivity index (χ2n) is 3.19. The molecule has 0 unspecified atom stereocenters. The second kappa shape index (κ2) is 5.54. The Labute approximate surface area is 79.1 Å². The van der Waals surface area contributed by atoms with Crippen LogP contribution in [-0.4, -0.2) is 52.9 Å². The van der Waals surface area contributed by atoms with E-state index in [1.807, 2.05) is 0 Å². The minimum absolute atomic E-state index is 0.0538. The highest BCUT2D eigenvalue weighted by Crippen LogP contribution is 2.18. The van der Waals surface area contributed by atoms with Crippen molar-refractivity contribution in [2.24, 2.45) is 0 Å². The SMILES string of the molecule is COC[C@@H]1C[C@H](OC)[C@H](OC)CO1. The lowest BCUT2D eigenvalue weighted by atomic mass is 10.0. The molecule has 0 aliphatic carbocycles. The van der Waals surface area contributed by atoms with Crippen LogP contribution in [0.15, 0.2) is 0 Å². The molecule has 0 aromatic carbocycles. The number of hydrogen-bond donors (Lipinski definition) is 0. The van der Waals surface area contributed by atoms with Gasteiger partial charge in [0, 0.05) is 27.8 Å². The van der Waals surface area contributed by atoms with Crippen LogP contribution in [0, 0.1) is 0 Å². The van der Waals surface area contributed by atoms with Crippen molar-refractivity contribution in [1.29, 1.82) is 0 Å². The Morgan fingerprint density at radius 3 is 2.38 bits per heavy atom. The molecule has 1 heterocycles. The normalized spacial score (nSPS) is 34.8. The van der Waals surface area contributed by atoms with E-state index in [-0.39, 0.29) is 18.3 Å². The fourth-order valence-corrected chi connectivity index (χ4v) is 1.59. The molecule has 0 spiro atoms. The van der Waals surface area contributed by atoms with Gasteiger partial charge in [0.15, 0.2) is 0 Å². The Hall–Kier alpha value is -0.160. The molecule has 0 aromatic heterocycles. The Morgan fingerprint density at radius 2 is 1.85 bits per heavy atom. The third-order valence-corrected chi connectivity index (χ3v) is 2.36. The van der Waals surface area contributed by atoms with Gasteiger partial charge < -0.3 is 18.9 Å². The molecule has 1 aliphatic heterocycles. The standard InChI is InChI=1S/C9H18O4/c1-10-5-7-4-8(11-2)9(12-3)6-13-7/h7-9H,4-6H2,1-3H3/t7-,8-,9+/m0/s1. The molecule has 1 saturated heterocycles. The monoisotopic (exact) mass is 190 g/mol. The van der Waals surface area contributed by atoms with Gasteiger partial charge in [-0.05, 0) is 0 Å². The summed E-state index contributed by atoms with van der Waals surface area (Å²) in [6.07, 6.45) is 1.15. The number of methoxy groups -OCH3 is 3. The van der Waals surface area contributed by atoms with Crippen molar-refractivity contribution in [3.63, 3.8) is 0 Å². The molecule has 0 amide bonds. The van der Waals surface area contributed by atoms with E-state index in [4.69, 9.17) is 18.9 Å². The molecule has 0 N–H and O–H groups in total. The van der Waals surface area contributed by atoms with Gasteiger partial charge in [-0.25, -0.2) is 0 Å². The van der Waals surface area contributed by atoms with Crippen LogP contribution in [0.5, 0.6) is 0 Å². The lowest BCUT2D eigenvalue weighted by Crippen LogP contribution is -2.44. The molecule has 4 nitrogen and oxygen atoms in total. The first-order chi connectivity index (χ1) is 6.31. The van der Waals surface area contributed by atoms with Crippen LogP contribution in [-0.2, 0) is 18.9 Å². The number of hydrogen-bond acceptors (Lipinski definition) is 4. The van der Waals surface area contributed by atoms with Gasteiger partial charge in [-0.2, -0.15) is 0 Å². The molecule has 0 radical (unpaired) electrons. The first-order valence-electron chi connectivity index (χ1n) is 4.48. The maximum atomic E-state index is 5.52. The summed E-state index contributed by atoms with van der Waals surface area (Å²) in [7, 11) is 5.05. The van der Waals surface area contributed by atoms with E-state index in [1.54, 1.807) is 21.3 Å². The number of ether oxygens (including phenoxy) is 4. The van der Waals surface area contributed by atoms with E-state index < -0.39 is 0 Å². The largest absolute Gasteiger partial charge is 0.382 e. The molecular weight excluding hydrogens is 172 g/mol. The van der Waals surface area contributed by atoms with Gasteiger partial charge in [0.1, 0.15) is 6.10 Å². The molecule has 0 saturated carbocycles. The van der Waals surface area contributed by atoms with E-state index >= 15 is 0 Å². The zero-order chi connectivity index (χ0) is 9.68. The predicted molar refractivity (Wildman–Crippen MR) is 47.8 cm³/mol. The predicted octanol–water partition coefficient (Wildman–Crippen LogP) is 0.452. The lowest BCUT2D eigenvalue weighted by molar-refractivity contribution is -0.154. The van der Waals surface area contributed by atoms with Gasteiger partial charge >= 0.3 is 0 Å². The van der Waals surface area contributed by atoms with Gasteiger partial charge in [0.25, 0.3) is 0 Å². The van der Waals surface area contributed by atoms with E-state index in [1.165, 1.54) is 0 Å². The summed E-state index contributed by atoms with van der Waals surface area (Å²) in [6.45, 7) is 1.21. The fraction of sp³-hybridized carbons (Fsp3) is 1.00. The fourth-order valence-electron chi connectivity index (χ4n) is 1.59. The quantitative estimate of drug-likeness (QED) is 0.645. The molecular formula is C9H18O4. The van der Waals surface area contributed by atoms with Crippen molar-refractivity contribution >= 4 is 0 Å². The summed E-state index contributed by atoms with van der Waals surface area (Å²) in [5.41, 5.74) is 0. The van der Waals surface area contributed by atoms with Gasteiger partial charge in [-0.3, -0.25) is 0 Å². The highest BCUT2D eigenvalue weighted by atomic mass is 16.6. The summed E-state index contributed by atoms with van der Waals surface area (Å²) >= 11 is 0. The van der Waals surface area contributed by atoms with E-state index in [9.17, 15) is 0 Å². The minimum Gasteiger partial charge on any atom is -0.382 e. The van der Waals surface area contributed by atoms with Crippen LogP contribution in [0.25, 0.3) is 0 Å². The van der Waals surface area contributed by atoms with Crippen molar-refractivity contribution in [3.05, 3.63) is 0 Å². The Bertz CT molecular complexity index is 140. The average Bonchev–Trinajstić information content (AvgIpc) is 2.18. The Balaban J connectivity index is 2.38. The molecule has 0 bridgehead atoms. The van der Waals surface area contributed by atoms with Crippen molar-refractivity contribution in [1.82, 2.24) is 0 Å². The van der Waals surface area contributed by atoms with Crippen LogP contribution in [0.4, 0.5) is 0 Å². The van der Waals surface area contributed by atoms with Crippen molar-refractivity contribution in [2.75, 3.05) is 34.5 Å². The molecule has 1 rings (SSSR count). The third kappa shape index (κ3) is 2.91. The van der Waals surface area contributed by atoms with Gasteiger partial charge in [-0.1, -0.05) is 0 Å². The average molecular weight is 190 g/mol. The molecule has 78 valence electrons. The first kappa shape index (κ1) is 10.9. The second-order valence-corrected chi connectivity index (χ2v) is 3.19. The van der Waals surface area contributed by atoms with E-state index in [2.05, 4.69) is 0 Å². The summed E-state index contributed by atoms with van der Waals surface area (Å²) in [6, 6.07) is 0. The van der Waals surface area contributed by atoms with Gasteiger partial charge in [-0.15, -0.1) is 0 Å². The van der Waals surface area contributed by atoms with E-state index in [0.717, 1.165) is 6.42 Å². The van der Waals surface area contributed by atoms with Crippen molar-refractivity contribution in [3.8, 4) is 0 Å². The highest BCUT2D eigenvalue weighted by Gasteiger charge is 2.31. The summed E-state index contributed by atoms with van der Waals surface area (Å²) in [5.74, 6) is 0. The van der Waals surface area contributed by atoms with Crippen molar-refractivity contribution < 1.29 is 18.9 Å². The zero-order valence-electron chi connectivity index (χ0n) is 8.49. The van der Waals surface area contributed by atoms with Crippen LogP contribution in [0.3, 0.4) is 0 Å². The number of rotatable bonds is 4. The molecule has 1 aliphatic rings. The highest BCUT2D eigenvalue weighted by molar-refractivity contribution is 4.79. The molecule has 3 atom stereocenters. The summed E-state index contributed by atoms with van der Waals surface area (Å²) < 4.78 is 21.1. The van der Waals surface area contributed by atoms with Gasteiger partial charge in [0.2, 0.25) is 0 Å². The Morgan fingerprint density at radius 1 is 1.15 bits per heavy atom. The van der Waals surface area contributed by atoms with Crippen LogP contribution >= 0.6 is 0 Å². The summed E-state index contributed by atoms with van der Waals surface area (Å²) in [4.78, 5) is 0. The van der Waals surface area contributed by atoms with Crippen LogP contribution < -0.4 is 0 Å². The molecule has 0 aromatic rings. The summed E-state index contributed by atoms with van der Waals surface area (Å²) in [5, 5.41) is 0. The molecule has 4 heteroatoms. The van der Waals surface area contributed by atoms with Gasteiger partial charge in [0.05, 0.1) is 25.4 Å². The van der Waals surface area contributed by atoms with E-state index in [0.29, 0.717) is 13.2 Å². The smallest absolute Gasteiger partial charge is 0.107 e. The minimum atomic E-state index is 0.0538. The first-order valence-corrected chi connectivity index (χ1v) is 4.48. The molecule has 1 fully saturated rings. The third-order valence-electron chi connectivity index (χ3n) is 2.36. The van der Waals surface area contributed by atoms with Crippen LogP contribution in [0.2, 0.25) is 0 Å². The Kier molecular flexibility index (Phi) is 4.66. The zero-order valence-corrected chi connectivity index (χ0v) is 8.49. The lowest BCUT2D eigenvalue weighted by Gasteiger charge is -2.34.